The number of aliphatic imine (C=N–C) groups is 1. The Morgan fingerprint density at radius 1 is 0.970 bits per heavy atom. The summed E-state index contributed by atoms with van der Waals surface area (Å²) in [7, 11) is 5.31. The molecule has 180 valence electrons. The molecule has 0 unspecified atom stereocenters. The van der Waals surface area contributed by atoms with Gasteiger partial charge in [-0.2, -0.15) is 0 Å². The van der Waals surface area contributed by atoms with Gasteiger partial charge in [-0.1, -0.05) is 30.3 Å². The Morgan fingerprint density at radius 3 is 2.24 bits per heavy atom. The van der Waals surface area contributed by atoms with Crippen molar-refractivity contribution in [2.24, 2.45) is 4.99 Å². The number of hydrogen-bond acceptors (Lipinski definition) is 4. The zero-order valence-electron chi connectivity index (χ0n) is 20.0. The smallest absolute Gasteiger partial charge is 0.253 e. The van der Waals surface area contributed by atoms with Crippen molar-refractivity contribution < 1.29 is 4.79 Å². The molecule has 7 nitrogen and oxygen atoms in total. The molecule has 2 N–H and O–H groups in total. The number of halogens is 1. The van der Waals surface area contributed by atoms with Crippen molar-refractivity contribution >= 4 is 41.5 Å². The fourth-order valence-corrected chi connectivity index (χ4v) is 3.81. The van der Waals surface area contributed by atoms with Gasteiger partial charge in [-0.15, -0.1) is 24.0 Å². The molecule has 8 heteroatoms. The number of hydrogen-bond donors (Lipinski definition) is 2. The molecule has 2 aromatic rings. The van der Waals surface area contributed by atoms with Gasteiger partial charge in [-0.05, 0) is 42.8 Å². The molecule has 0 bridgehead atoms. The number of carbonyl (C=O) groups is 1. The summed E-state index contributed by atoms with van der Waals surface area (Å²) in [6.45, 7) is 7.02. The average Bonchev–Trinajstić information content (AvgIpc) is 2.84. The van der Waals surface area contributed by atoms with Crippen molar-refractivity contribution in [2.75, 3.05) is 65.3 Å². The van der Waals surface area contributed by atoms with E-state index in [1.54, 1.807) is 26.0 Å². The molecule has 2 aromatic carbocycles. The van der Waals surface area contributed by atoms with Gasteiger partial charge < -0.3 is 20.4 Å². The highest BCUT2D eigenvalue weighted by atomic mass is 127. The van der Waals surface area contributed by atoms with Gasteiger partial charge in [0.2, 0.25) is 0 Å². The topological polar surface area (TPSA) is 63.2 Å². The minimum absolute atomic E-state index is 0. The lowest BCUT2D eigenvalue weighted by atomic mass is 10.1. The number of guanidine groups is 1. The number of piperazine rings is 1. The monoisotopic (exact) mass is 564 g/mol. The third-order valence-corrected chi connectivity index (χ3v) is 5.73. The third-order valence-electron chi connectivity index (χ3n) is 5.73. The Morgan fingerprint density at radius 2 is 1.64 bits per heavy atom. The molecule has 0 aliphatic carbocycles. The lowest BCUT2D eigenvalue weighted by Gasteiger charge is -2.36. The van der Waals surface area contributed by atoms with Crippen molar-refractivity contribution in [2.45, 2.75) is 13.0 Å². The molecule has 33 heavy (non-hydrogen) atoms. The first-order chi connectivity index (χ1) is 15.6. The van der Waals surface area contributed by atoms with Gasteiger partial charge in [0.25, 0.3) is 5.91 Å². The fourth-order valence-electron chi connectivity index (χ4n) is 3.81. The maximum atomic E-state index is 12.0. The van der Waals surface area contributed by atoms with Gasteiger partial charge in [0, 0.05) is 71.7 Å². The van der Waals surface area contributed by atoms with Gasteiger partial charge in [0.1, 0.15) is 0 Å². The zero-order valence-corrected chi connectivity index (χ0v) is 22.3. The molecule has 1 fully saturated rings. The van der Waals surface area contributed by atoms with Crippen LogP contribution < -0.4 is 15.5 Å². The number of para-hydroxylation sites is 1. The van der Waals surface area contributed by atoms with Crippen LogP contribution in [0.3, 0.4) is 0 Å². The second kappa shape index (κ2) is 14.0. The van der Waals surface area contributed by atoms with Crippen LogP contribution in [0.5, 0.6) is 0 Å². The summed E-state index contributed by atoms with van der Waals surface area (Å²) in [6.07, 6.45) is 1.08. The van der Waals surface area contributed by atoms with E-state index in [0.29, 0.717) is 12.1 Å². The lowest BCUT2D eigenvalue weighted by molar-refractivity contribution is 0.0827. The number of nitrogens with one attached hydrogen (secondary N) is 2. The molecule has 0 atom stereocenters. The first-order valence-electron chi connectivity index (χ1n) is 11.3. The maximum Gasteiger partial charge on any atom is 0.253 e. The Bertz CT molecular complexity index is 864. The predicted octanol–water partition coefficient (Wildman–Crippen LogP) is 2.88. The molecule has 1 heterocycles. The van der Waals surface area contributed by atoms with Crippen LogP contribution in [0.25, 0.3) is 0 Å². The number of amides is 1. The van der Waals surface area contributed by atoms with Crippen LogP contribution in [0.15, 0.2) is 59.6 Å². The summed E-state index contributed by atoms with van der Waals surface area (Å²) >= 11 is 0. The van der Waals surface area contributed by atoms with Gasteiger partial charge in [0.05, 0.1) is 0 Å². The molecule has 1 aliphatic rings. The Kier molecular flexibility index (Phi) is 11.5. The van der Waals surface area contributed by atoms with Crippen LogP contribution in [0.2, 0.25) is 0 Å². The molecule has 0 spiro atoms. The van der Waals surface area contributed by atoms with Crippen molar-refractivity contribution in [1.82, 2.24) is 20.4 Å². The lowest BCUT2D eigenvalue weighted by Crippen LogP contribution is -2.47. The van der Waals surface area contributed by atoms with Crippen molar-refractivity contribution in [3.8, 4) is 0 Å². The molecule has 1 saturated heterocycles. The van der Waals surface area contributed by atoms with E-state index in [-0.39, 0.29) is 29.9 Å². The summed E-state index contributed by atoms with van der Waals surface area (Å²) in [6, 6.07) is 18.4. The minimum Gasteiger partial charge on any atom is -0.369 e. The van der Waals surface area contributed by atoms with Crippen LogP contribution in [-0.2, 0) is 6.54 Å². The van der Waals surface area contributed by atoms with E-state index >= 15 is 0 Å². The van der Waals surface area contributed by atoms with Gasteiger partial charge >= 0.3 is 0 Å². The quantitative estimate of drug-likeness (QED) is 0.224. The summed E-state index contributed by atoms with van der Waals surface area (Å²) in [4.78, 5) is 22.9. The van der Waals surface area contributed by atoms with E-state index in [1.165, 1.54) is 5.69 Å². The molecule has 0 saturated carbocycles. The third kappa shape index (κ3) is 8.51. The first-order valence-corrected chi connectivity index (χ1v) is 11.3. The number of carbonyl (C=O) groups excluding carboxylic acids is 1. The summed E-state index contributed by atoms with van der Waals surface area (Å²) in [5, 5.41) is 6.74. The minimum atomic E-state index is 0. The highest BCUT2D eigenvalue weighted by Crippen LogP contribution is 2.15. The first kappa shape index (κ1) is 26.9. The molecule has 0 aromatic heterocycles. The average molecular weight is 565 g/mol. The van der Waals surface area contributed by atoms with Crippen LogP contribution in [-0.4, -0.2) is 82.1 Å². The van der Waals surface area contributed by atoms with Crippen LogP contribution in [0.1, 0.15) is 22.3 Å². The van der Waals surface area contributed by atoms with Gasteiger partial charge in [0.15, 0.2) is 5.96 Å². The SMILES string of the molecule is CN=C(NCCCN1CCN(c2ccccc2)CC1)NCc1ccc(C(=O)N(C)C)cc1.I. The molecule has 1 amide bonds. The van der Waals surface area contributed by atoms with E-state index in [1.807, 2.05) is 24.3 Å². The summed E-state index contributed by atoms with van der Waals surface area (Å²) < 4.78 is 0. The van der Waals surface area contributed by atoms with E-state index in [2.05, 4.69) is 55.8 Å². The second-order valence-electron chi connectivity index (χ2n) is 8.27. The highest BCUT2D eigenvalue weighted by Gasteiger charge is 2.16. The summed E-state index contributed by atoms with van der Waals surface area (Å²) in [5.74, 6) is 0.816. The van der Waals surface area contributed by atoms with E-state index in [0.717, 1.165) is 57.2 Å². The molecular formula is C25H37IN6O. The number of benzene rings is 2. The fraction of sp³-hybridized carbons (Fsp3) is 0.440. The standard InChI is InChI=1S/C25H36N6O.HI/c1-26-25(28-20-21-10-12-22(13-11-21)24(32)29(2)3)27-14-7-15-30-16-18-31(19-17-30)23-8-5-4-6-9-23;/h4-6,8-13H,7,14-20H2,1-3H3,(H2,26,27,28);1H. The largest absolute Gasteiger partial charge is 0.369 e. The Hall–Kier alpha value is -2.33. The van der Waals surface area contributed by atoms with E-state index < -0.39 is 0 Å². The molecule has 3 rings (SSSR count). The predicted molar refractivity (Wildman–Crippen MR) is 148 cm³/mol. The van der Waals surface area contributed by atoms with E-state index in [4.69, 9.17) is 0 Å². The number of anilines is 1. The van der Waals surface area contributed by atoms with Crippen molar-refractivity contribution in [1.29, 1.82) is 0 Å². The maximum absolute atomic E-state index is 12.0. The molecular weight excluding hydrogens is 527 g/mol. The van der Waals surface area contributed by atoms with Gasteiger partial charge in [-0.25, -0.2) is 0 Å². The normalized spacial score (nSPS) is 14.4. The van der Waals surface area contributed by atoms with Crippen LogP contribution >= 0.6 is 24.0 Å². The van der Waals surface area contributed by atoms with Crippen LogP contribution in [0.4, 0.5) is 5.69 Å². The number of nitrogens with zero attached hydrogens (tertiary/aromatic N) is 4. The second-order valence-corrected chi connectivity index (χ2v) is 8.27. The number of rotatable bonds is 8. The van der Waals surface area contributed by atoms with Gasteiger partial charge in [-0.3, -0.25) is 14.7 Å². The highest BCUT2D eigenvalue weighted by molar-refractivity contribution is 14.0. The summed E-state index contributed by atoms with van der Waals surface area (Å²) in [5.41, 5.74) is 3.13. The zero-order chi connectivity index (χ0) is 22.8. The van der Waals surface area contributed by atoms with E-state index in [9.17, 15) is 4.79 Å². The Labute approximate surface area is 215 Å². The molecule has 1 aliphatic heterocycles. The van der Waals surface area contributed by atoms with Crippen molar-refractivity contribution in [3.63, 3.8) is 0 Å². The Balaban J connectivity index is 0.00000385. The van der Waals surface area contributed by atoms with Crippen molar-refractivity contribution in [3.05, 3.63) is 65.7 Å². The molecule has 0 radical (unpaired) electrons. The van der Waals surface area contributed by atoms with Crippen LogP contribution in [0, 0.1) is 0 Å².